The second-order valence-corrected chi connectivity index (χ2v) is 4.31. The predicted octanol–water partition coefficient (Wildman–Crippen LogP) is 2.97. The first-order chi connectivity index (χ1) is 8.50. The highest BCUT2D eigenvalue weighted by atomic mass is 19.2. The van der Waals surface area contributed by atoms with Crippen LogP contribution in [0.25, 0.3) is 0 Å². The molecule has 0 radical (unpaired) electrons. The van der Waals surface area contributed by atoms with Gasteiger partial charge in [-0.25, -0.2) is 8.78 Å². The number of nitrogens with one attached hydrogen (secondary N) is 1. The first-order valence-electron chi connectivity index (χ1n) is 5.84. The maximum Gasteiger partial charge on any atom is 0.251 e. The lowest BCUT2D eigenvalue weighted by Gasteiger charge is -2.08. The van der Waals surface area contributed by atoms with Gasteiger partial charge < -0.3 is 10.1 Å². The van der Waals surface area contributed by atoms with Crippen molar-refractivity contribution in [2.75, 3.05) is 25.1 Å². The molecule has 0 aliphatic rings. The minimum atomic E-state index is -1.32. The molecule has 0 saturated heterocycles. The van der Waals surface area contributed by atoms with Gasteiger partial charge in [-0.3, -0.25) is 0 Å². The van der Waals surface area contributed by atoms with Gasteiger partial charge in [0.15, 0.2) is 17.5 Å². The molecule has 6 heteroatoms. The molecular weight excluding hydrogens is 245 g/mol. The van der Waals surface area contributed by atoms with Crippen LogP contribution in [0.4, 0.5) is 19.0 Å². The van der Waals surface area contributed by atoms with Crippen molar-refractivity contribution in [3.63, 3.8) is 0 Å². The van der Waals surface area contributed by atoms with Gasteiger partial charge in [0, 0.05) is 19.2 Å². The monoisotopic (exact) mass is 262 g/mol. The molecule has 0 bridgehead atoms. The van der Waals surface area contributed by atoms with Crippen molar-refractivity contribution >= 4 is 5.82 Å². The molecule has 0 spiro atoms. The number of rotatable bonds is 7. The van der Waals surface area contributed by atoms with Crippen LogP contribution in [0.5, 0.6) is 0 Å². The summed E-state index contributed by atoms with van der Waals surface area (Å²) in [7, 11) is 0. The predicted molar refractivity (Wildman–Crippen MR) is 62.9 cm³/mol. The molecular formula is C12H17F3N2O. The summed E-state index contributed by atoms with van der Waals surface area (Å²) in [6.07, 6.45) is 0.942. The van der Waals surface area contributed by atoms with Crippen LogP contribution in [0.1, 0.15) is 20.3 Å². The molecule has 18 heavy (non-hydrogen) atoms. The molecule has 0 saturated carbocycles. The summed E-state index contributed by atoms with van der Waals surface area (Å²) < 4.78 is 43.8. The molecule has 0 aromatic carbocycles. The second-order valence-electron chi connectivity index (χ2n) is 4.31. The fourth-order valence-corrected chi connectivity index (χ4v) is 1.23. The zero-order valence-corrected chi connectivity index (χ0v) is 10.5. The number of ether oxygens (including phenoxy) is 1. The zero-order chi connectivity index (χ0) is 13.5. The third-order valence-electron chi connectivity index (χ3n) is 2.27. The Labute approximate surface area is 104 Å². The van der Waals surface area contributed by atoms with E-state index in [1.165, 1.54) is 0 Å². The van der Waals surface area contributed by atoms with Gasteiger partial charge in [0.2, 0.25) is 0 Å². The van der Waals surface area contributed by atoms with Crippen LogP contribution in [0, 0.1) is 23.5 Å². The summed E-state index contributed by atoms with van der Waals surface area (Å²) in [5.74, 6) is -3.29. The van der Waals surface area contributed by atoms with Crippen LogP contribution < -0.4 is 5.32 Å². The van der Waals surface area contributed by atoms with Gasteiger partial charge in [0.1, 0.15) is 0 Å². The SMILES string of the molecule is CC(C)CCOCCNc1nc(F)c(F)cc1F. The first kappa shape index (κ1) is 14.8. The first-order valence-corrected chi connectivity index (χ1v) is 5.84. The number of aromatic nitrogens is 1. The Morgan fingerprint density at radius 3 is 2.61 bits per heavy atom. The normalized spacial score (nSPS) is 11.0. The summed E-state index contributed by atoms with van der Waals surface area (Å²) in [6.45, 7) is 5.43. The molecule has 1 aromatic heterocycles. The Kier molecular flexibility index (Phi) is 5.91. The number of hydrogen-bond acceptors (Lipinski definition) is 3. The molecule has 0 unspecified atom stereocenters. The van der Waals surface area contributed by atoms with Crippen molar-refractivity contribution in [1.29, 1.82) is 0 Å². The van der Waals surface area contributed by atoms with Gasteiger partial charge in [0.25, 0.3) is 5.95 Å². The molecule has 0 aliphatic carbocycles. The molecule has 1 rings (SSSR count). The smallest absolute Gasteiger partial charge is 0.251 e. The van der Waals surface area contributed by atoms with E-state index in [9.17, 15) is 13.2 Å². The molecule has 102 valence electrons. The van der Waals surface area contributed by atoms with Gasteiger partial charge in [-0.05, 0) is 12.3 Å². The van der Waals surface area contributed by atoms with Crippen molar-refractivity contribution in [3.8, 4) is 0 Å². The van der Waals surface area contributed by atoms with Gasteiger partial charge in [-0.15, -0.1) is 0 Å². The number of hydrogen-bond donors (Lipinski definition) is 1. The lowest BCUT2D eigenvalue weighted by atomic mass is 10.1. The highest BCUT2D eigenvalue weighted by Gasteiger charge is 2.10. The van der Waals surface area contributed by atoms with Crippen LogP contribution in [0.15, 0.2) is 6.07 Å². The lowest BCUT2D eigenvalue weighted by molar-refractivity contribution is 0.132. The Morgan fingerprint density at radius 1 is 1.22 bits per heavy atom. The minimum absolute atomic E-state index is 0.285. The average molecular weight is 262 g/mol. The quantitative estimate of drug-likeness (QED) is 0.606. The minimum Gasteiger partial charge on any atom is -0.380 e. The molecule has 1 heterocycles. The van der Waals surface area contributed by atoms with Crippen molar-refractivity contribution in [1.82, 2.24) is 4.98 Å². The van der Waals surface area contributed by atoms with Crippen molar-refractivity contribution < 1.29 is 17.9 Å². The highest BCUT2D eigenvalue weighted by Crippen LogP contribution is 2.13. The van der Waals surface area contributed by atoms with Crippen LogP contribution >= 0.6 is 0 Å². The second kappa shape index (κ2) is 7.20. The number of nitrogens with zero attached hydrogens (tertiary/aromatic N) is 1. The molecule has 0 atom stereocenters. The van der Waals surface area contributed by atoms with E-state index in [2.05, 4.69) is 24.1 Å². The maximum absolute atomic E-state index is 13.1. The Balaban J connectivity index is 2.29. The number of pyridine rings is 1. The van der Waals surface area contributed by atoms with Gasteiger partial charge >= 0.3 is 0 Å². The van der Waals surface area contributed by atoms with E-state index in [0.717, 1.165) is 6.42 Å². The van der Waals surface area contributed by atoms with Crippen LogP contribution in [-0.2, 0) is 4.74 Å². The Bertz CT molecular complexity index is 386. The topological polar surface area (TPSA) is 34.1 Å². The van der Waals surface area contributed by atoms with Crippen molar-refractivity contribution in [2.45, 2.75) is 20.3 Å². The van der Waals surface area contributed by atoms with Crippen molar-refractivity contribution in [3.05, 3.63) is 23.6 Å². The molecule has 0 fully saturated rings. The third-order valence-corrected chi connectivity index (χ3v) is 2.27. The van der Waals surface area contributed by atoms with Gasteiger partial charge in [0.05, 0.1) is 6.61 Å². The molecule has 1 aromatic rings. The van der Waals surface area contributed by atoms with E-state index in [-0.39, 0.29) is 12.4 Å². The van der Waals surface area contributed by atoms with Crippen molar-refractivity contribution in [2.24, 2.45) is 5.92 Å². The van der Waals surface area contributed by atoms with Crippen LogP contribution in [0.2, 0.25) is 0 Å². The summed E-state index contributed by atoms with van der Waals surface area (Å²) >= 11 is 0. The van der Waals surface area contributed by atoms with Gasteiger partial charge in [-0.1, -0.05) is 13.8 Å². The Hall–Kier alpha value is -1.30. The third kappa shape index (κ3) is 4.91. The van der Waals surface area contributed by atoms with E-state index in [0.29, 0.717) is 25.2 Å². The molecule has 0 aliphatic heterocycles. The summed E-state index contributed by atoms with van der Waals surface area (Å²) in [6, 6.07) is 0.463. The molecule has 0 amide bonds. The van der Waals surface area contributed by atoms with E-state index < -0.39 is 17.6 Å². The average Bonchev–Trinajstić information content (AvgIpc) is 2.29. The summed E-state index contributed by atoms with van der Waals surface area (Å²) in [5, 5.41) is 2.55. The highest BCUT2D eigenvalue weighted by molar-refractivity contribution is 5.35. The van der Waals surface area contributed by atoms with Crippen LogP contribution in [0.3, 0.4) is 0 Å². The number of anilines is 1. The molecule has 3 nitrogen and oxygen atoms in total. The summed E-state index contributed by atoms with van der Waals surface area (Å²) in [5.41, 5.74) is 0. The molecule has 1 N–H and O–H groups in total. The van der Waals surface area contributed by atoms with E-state index >= 15 is 0 Å². The van der Waals surface area contributed by atoms with Crippen LogP contribution in [-0.4, -0.2) is 24.7 Å². The van der Waals surface area contributed by atoms with E-state index in [4.69, 9.17) is 4.74 Å². The lowest BCUT2D eigenvalue weighted by Crippen LogP contribution is -2.13. The van der Waals surface area contributed by atoms with E-state index in [1.54, 1.807) is 0 Å². The van der Waals surface area contributed by atoms with Gasteiger partial charge in [-0.2, -0.15) is 9.37 Å². The fourth-order valence-electron chi connectivity index (χ4n) is 1.23. The fraction of sp³-hybridized carbons (Fsp3) is 0.583. The zero-order valence-electron chi connectivity index (χ0n) is 10.5. The number of halogens is 3. The largest absolute Gasteiger partial charge is 0.380 e. The summed E-state index contributed by atoms with van der Waals surface area (Å²) in [4.78, 5) is 3.13. The maximum atomic E-state index is 13.1. The Morgan fingerprint density at radius 2 is 1.94 bits per heavy atom. The van der Waals surface area contributed by atoms with E-state index in [1.807, 2.05) is 0 Å². The standard InChI is InChI=1S/C12H17F3N2O/c1-8(2)3-5-18-6-4-16-12-10(14)7-9(13)11(15)17-12/h7-8H,3-6H2,1-2H3,(H,16,17).